The lowest BCUT2D eigenvalue weighted by atomic mass is 9.75. The Morgan fingerprint density at radius 1 is 0.821 bits per heavy atom. The Bertz CT molecular complexity index is 1070. The van der Waals surface area contributed by atoms with E-state index in [1.807, 2.05) is 0 Å². The molecule has 0 fully saturated rings. The summed E-state index contributed by atoms with van der Waals surface area (Å²) in [5.41, 5.74) is 5.83. The Labute approximate surface area is 164 Å². The molecule has 3 aliphatic heterocycles. The number of hydrogen-bond donors (Lipinski definition) is 0. The molecule has 28 heavy (non-hydrogen) atoms. The smallest absolute Gasteiger partial charge is 0.231 e. The highest BCUT2D eigenvalue weighted by molar-refractivity contribution is 5.70. The number of hydrogen-bond acceptors (Lipinski definition) is 3. The molecule has 3 heterocycles. The van der Waals surface area contributed by atoms with Crippen molar-refractivity contribution in [1.82, 2.24) is 0 Å². The maximum Gasteiger partial charge on any atom is 0.231 e. The summed E-state index contributed by atoms with van der Waals surface area (Å²) in [5, 5.41) is 0. The second-order valence-corrected chi connectivity index (χ2v) is 7.68. The summed E-state index contributed by atoms with van der Waals surface area (Å²) in [6.07, 6.45) is 3.97. The van der Waals surface area contributed by atoms with Gasteiger partial charge in [0.2, 0.25) is 6.79 Å². The third-order valence-electron chi connectivity index (χ3n) is 6.01. The topological polar surface area (TPSA) is 27.7 Å². The fourth-order valence-electron chi connectivity index (χ4n) is 4.70. The van der Waals surface area contributed by atoms with Crippen molar-refractivity contribution >= 4 is 5.57 Å². The molecule has 0 spiro atoms. The predicted octanol–water partition coefficient (Wildman–Crippen LogP) is 5.41. The lowest BCUT2D eigenvalue weighted by molar-refractivity contribution is -0.0868. The summed E-state index contributed by atoms with van der Waals surface area (Å²) in [4.78, 5) is 0. The highest BCUT2D eigenvalue weighted by atomic mass is 16.7. The van der Waals surface area contributed by atoms with Gasteiger partial charge in [-0.25, -0.2) is 0 Å². The maximum absolute atomic E-state index is 6.76. The minimum Gasteiger partial charge on any atom is -0.454 e. The Hall–Kier alpha value is -3.04. The molecule has 0 N–H and O–H groups in total. The van der Waals surface area contributed by atoms with E-state index in [-0.39, 0.29) is 6.10 Å². The fraction of sp³-hybridized carbons (Fsp3) is 0.200. The maximum atomic E-state index is 6.76. The first kappa shape index (κ1) is 16.0. The van der Waals surface area contributed by atoms with Crippen molar-refractivity contribution in [3.63, 3.8) is 0 Å². The van der Waals surface area contributed by atoms with Gasteiger partial charge in [0.25, 0.3) is 0 Å². The van der Waals surface area contributed by atoms with Crippen LogP contribution in [0.4, 0.5) is 0 Å². The molecule has 0 saturated carbocycles. The van der Waals surface area contributed by atoms with Crippen LogP contribution < -0.4 is 9.47 Å². The second kappa shape index (κ2) is 5.98. The van der Waals surface area contributed by atoms with E-state index in [0.29, 0.717) is 6.79 Å². The molecule has 6 rings (SSSR count). The van der Waals surface area contributed by atoms with Crippen LogP contribution in [0.3, 0.4) is 0 Å². The molecule has 3 aromatic carbocycles. The molecule has 0 saturated heterocycles. The standard InChI is InChI=1S/C25H20O3/c1-3-7-17(8-4-1)18-11-22-21-13-24-23(26-16-27-24)12-19(21)15-25(14-18,28-22)20-9-5-2-6-10-20/h1-10,12-14,22H,11,15-16H2/t22-,25+/m0/s1. The molecule has 2 atom stereocenters. The van der Waals surface area contributed by atoms with Crippen molar-refractivity contribution in [3.05, 3.63) is 101 Å². The van der Waals surface area contributed by atoms with Crippen molar-refractivity contribution in [2.75, 3.05) is 6.79 Å². The third kappa shape index (κ3) is 2.40. The molecule has 0 aliphatic carbocycles. The monoisotopic (exact) mass is 368 g/mol. The van der Waals surface area contributed by atoms with E-state index in [2.05, 4.69) is 78.9 Å². The lowest BCUT2D eigenvalue weighted by Crippen LogP contribution is -2.39. The van der Waals surface area contributed by atoms with Gasteiger partial charge in [0.15, 0.2) is 11.5 Å². The molecule has 2 bridgehead atoms. The third-order valence-corrected chi connectivity index (χ3v) is 6.01. The minimum atomic E-state index is -0.462. The zero-order valence-corrected chi connectivity index (χ0v) is 15.4. The van der Waals surface area contributed by atoms with E-state index in [1.165, 1.54) is 27.8 Å². The SMILES string of the molecule is C1=C(c2ccccc2)C[C@@H]2O[C@@]1(c1ccccc1)Cc1cc3c(cc12)OCO3. The summed E-state index contributed by atoms with van der Waals surface area (Å²) in [7, 11) is 0. The van der Waals surface area contributed by atoms with Gasteiger partial charge in [-0.15, -0.1) is 0 Å². The van der Waals surface area contributed by atoms with Gasteiger partial charge in [-0.1, -0.05) is 60.7 Å². The van der Waals surface area contributed by atoms with Gasteiger partial charge in [-0.2, -0.15) is 0 Å². The quantitative estimate of drug-likeness (QED) is 0.605. The molecule has 3 aromatic rings. The highest BCUT2D eigenvalue weighted by Crippen LogP contribution is 2.53. The van der Waals surface area contributed by atoms with Crippen LogP contribution in [0.1, 0.15) is 34.8 Å². The zero-order valence-electron chi connectivity index (χ0n) is 15.4. The van der Waals surface area contributed by atoms with Crippen LogP contribution in [-0.2, 0) is 16.8 Å². The summed E-state index contributed by atoms with van der Waals surface area (Å²) in [6.45, 7) is 0.293. The van der Waals surface area contributed by atoms with E-state index < -0.39 is 5.60 Å². The van der Waals surface area contributed by atoms with Crippen LogP contribution in [0.5, 0.6) is 11.5 Å². The molecular weight excluding hydrogens is 348 g/mol. The van der Waals surface area contributed by atoms with E-state index in [1.54, 1.807) is 0 Å². The van der Waals surface area contributed by atoms with Gasteiger partial charge >= 0.3 is 0 Å². The van der Waals surface area contributed by atoms with Gasteiger partial charge in [-0.3, -0.25) is 0 Å². The molecule has 138 valence electrons. The molecular formula is C25H20O3. The van der Waals surface area contributed by atoms with Crippen molar-refractivity contribution in [2.24, 2.45) is 0 Å². The average Bonchev–Trinajstić information content (AvgIpc) is 3.21. The lowest BCUT2D eigenvalue weighted by Gasteiger charge is -2.45. The summed E-state index contributed by atoms with van der Waals surface area (Å²) >= 11 is 0. The molecule has 0 aromatic heterocycles. The summed E-state index contributed by atoms with van der Waals surface area (Å²) < 4.78 is 18.0. The van der Waals surface area contributed by atoms with E-state index >= 15 is 0 Å². The van der Waals surface area contributed by atoms with Crippen LogP contribution >= 0.6 is 0 Å². The number of ether oxygens (including phenoxy) is 3. The van der Waals surface area contributed by atoms with Gasteiger partial charge < -0.3 is 14.2 Å². The number of fused-ring (bicyclic) bond motifs is 5. The van der Waals surface area contributed by atoms with E-state index in [9.17, 15) is 0 Å². The molecule has 0 amide bonds. The number of benzene rings is 3. The van der Waals surface area contributed by atoms with Crippen LogP contribution in [0.25, 0.3) is 5.57 Å². The zero-order chi connectivity index (χ0) is 18.6. The van der Waals surface area contributed by atoms with Gasteiger partial charge in [0, 0.05) is 12.8 Å². The Balaban J connectivity index is 1.54. The van der Waals surface area contributed by atoms with E-state index in [0.717, 1.165) is 24.3 Å². The van der Waals surface area contributed by atoms with Gasteiger partial charge in [0.1, 0.15) is 5.60 Å². The largest absolute Gasteiger partial charge is 0.454 e. The van der Waals surface area contributed by atoms with Crippen molar-refractivity contribution < 1.29 is 14.2 Å². The van der Waals surface area contributed by atoms with Gasteiger partial charge in [-0.05, 0) is 46.0 Å². The van der Waals surface area contributed by atoms with Crippen LogP contribution in [0.15, 0.2) is 78.9 Å². The second-order valence-electron chi connectivity index (χ2n) is 7.68. The Kier molecular flexibility index (Phi) is 3.41. The van der Waals surface area contributed by atoms with Crippen molar-refractivity contribution in [1.29, 1.82) is 0 Å². The molecule has 0 radical (unpaired) electrons. The normalized spacial score (nSPS) is 24.4. The predicted molar refractivity (Wildman–Crippen MR) is 107 cm³/mol. The highest BCUT2D eigenvalue weighted by Gasteiger charge is 2.44. The first-order chi connectivity index (χ1) is 13.8. The van der Waals surface area contributed by atoms with Crippen LogP contribution in [0, 0.1) is 0 Å². The minimum absolute atomic E-state index is 0.00124. The molecule has 0 unspecified atom stereocenters. The molecule has 3 aliphatic rings. The Morgan fingerprint density at radius 2 is 1.54 bits per heavy atom. The van der Waals surface area contributed by atoms with Crippen molar-refractivity contribution in [2.45, 2.75) is 24.5 Å². The van der Waals surface area contributed by atoms with Crippen LogP contribution in [0.2, 0.25) is 0 Å². The van der Waals surface area contributed by atoms with Crippen molar-refractivity contribution in [3.8, 4) is 11.5 Å². The van der Waals surface area contributed by atoms with Gasteiger partial charge in [0.05, 0.1) is 6.10 Å². The molecule has 3 heteroatoms. The number of rotatable bonds is 2. The first-order valence-electron chi connectivity index (χ1n) is 9.74. The fourth-order valence-corrected chi connectivity index (χ4v) is 4.70. The summed E-state index contributed by atoms with van der Waals surface area (Å²) in [5.74, 6) is 1.67. The van der Waals surface area contributed by atoms with E-state index in [4.69, 9.17) is 14.2 Å². The molecule has 3 nitrogen and oxygen atoms in total. The Morgan fingerprint density at radius 3 is 2.32 bits per heavy atom. The first-order valence-corrected chi connectivity index (χ1v) is 9.74. The van der Waals surface area contributed by atoms with Crippen LogP contribution in [-0.4, -0.2) is 6.79 Å². The average molecular weight is 368 g/mol. The summed E-state index contributed by atoms with van der Waals surface area (Å²) in [6, 6.07) is 25.5.